The fourth-order valence-electron chi connectivity index (χ4n) is 2.51. The number of rotatable bonds is 2. The summed E-state index contributed by atoms with van der Waals surface area (Å²) in [5.41, 5.74) is 2.69. The summed E-state index contributed by atoms with van der Waals surface area (Å²) in [7, 11) is 0. The van der Waals surface area contributed by atoms with E-state index in [-0.39, 0.29) is 10.7 Å². The van der Waals surface area contributed by atoms with E-state index in [4.69, 9.17) is 11.6 Å². The molecule has 2 N–H and O–H groups in total. The minimum atomic E-state index is -0.429. The molecule has 0 aliphatic rings. The van der Waals surface area contributed by atoms with Gasteiger partial charge >= 0.3 is 0 Å². The number of nitrogens with one attached hydrogen (secondary N) is 2. The second-order valence-corrected chi connectivity index (χ2v) is 5.58. The number of nitrogens with zero attached hydrogens (tertiary/aromatic N) is 2. The van der Waals surface area contributed by atoms with Gasteiger partial charge in [-0.25, -0.2) is 14.4 Å². The van der Waals surface area contributed by atoms with Crippen molar-refractivity contribution in [2.75, 3.05) is 0 Å². The number of benzene rings is 1. The summed E-state index contributed by atoms with van der Waals surface area (Å²) < 4.78 is 14.5. The van der Waals surface area contributed by atoms with Gasteiger partial charge in [0.2, 0.25) is 5.56 Å². The molecule has 0 atom stereocenters. The van der Waals surface area contributed by atoms with Gasteiger partial charge in [0.05, 0.1) is 11.1 Å². The van der Waals surface area contributed by atoms with E-state index in [1.54, 1.807) is 36.7 Å². The fraction of sp³-hybridized carbons (Fsp3) is 0. The van der Waals surface area contributed by atoms with Crippen LogP contribution in [0.2, 0.25) is 5.15 Å². The van der Waals surface area contributed by atoms with Crippen molar-refractivity contribution in [2.45, 2.75) is 0 Å². The largest absolute Gasteiger partial charge is 0.338 e. The lowest BCUT2D eigenvalue weighted by Crippen LogP contribution is -2.01. The molecule has 4 rings (SSSR count). The summed E-state index contributed by atoms with van der Waals surface area (Å²) in [5, 5.41) is 0.264. The van der Waals surface area contributed by atoms with E-state index in [0.717, 1.165) is 5.56 Å². The number of fused-ring (bicyclic) bond motifs is 1. The van der Waals surface area contributed by atoms with Crippen molar-refractivity contribution in [1.29, 1.82) is 0 Å². The number of aromatic amines is 2. The van der Waals surface area contributed by atoms with E-state index < -0.39 is 5.82 Å². The summed E-state index contributed by atoms with van der Waals surface area (Å²) in [4.78, 5) is 25.0. The van der Waals surface area contributed by atoms with Crippen molar-refractivity contribution in [3.63, 3.8) is 0 Å². The molecule has 0 aliphatic heterocycles. The minimum absolute atomic E-state index is 0.205. The standard InChI is InChI=1S/C17H10ClFN4O/c18-16-15-13(5-6-20-16)22-17(23-15)11-3-1-9(7-12(11)19)10-2-4-14(24)21-8-10/h1-8H,(H,21,24)(H,22,23). The van der Waals surface area contributed by atoms with Crippen LogP contribution in [0.15, 0.2) is 53.6 Å². The maximum Gasteiger partial charge on any atom is 0.247 e. The summed E-state index contributed by atoms with van der Waals surface area (Å²) >= 11 is 6.00. The van der Waals surface area contributed by atoms with E-state index in [2.05, 4.69) is 19.9 Å². The smallest absolute Gasteiger partial charge is 0.247 e. The monoisotopic (exact) mass is 340 g/mol. The number of imidazole rings is 1. The lowest BCUT2D eigenvalue weighted by atomic mass is 10.0. The second-order valence-electron chi connectivity index (χ2n) is 5.22. The Labute approximate surface area is 140 Å². The molecular weight excluding hydrogens is 331 g/mol. The Bertz CT molecular complexity index is 1100. The number of H-pyrrole nitrogens is 2. The van der Waals surface area contributed by atoms with Crippen LogP contribution in [0, 0.1) is 5.82 Å². The SMILES string of the molecule is O=c1ccc(-c2ccc(-c3nc4c(Cl)nccc4[nH]3)c(F)c2)c[nH]1. The second kappa shape index (κ2) is 5.58. The van der Waals surface area contributed by atoms with Crippen molar-refractivity contribution in [3.05, 3.63) is 70.1 Å². The van der Waals surface area contributed by atoms with E-state index >= 15 is 0 Å². The average molecular weight is 341 g/mol. The summed E-state index contributed by atoms with van der Waals surface area (Å²) in [6.45, 7) is 0. The number of halogens is 2. The lowest BCUT2D eigenvalue weighted by molar-refractivity contribution is 0.631. The molecule has 0 radical (unpaired) electrons. The molecule has 0 spiro atoms. The van der Waals surface area contributed by atoms with Gasteiger partial charge in [0.25, 0.3) is 0 Å². The van der Waals surface area contributed by atoms with Crippen molar-refractivity contribution >= 4 is 22.6 Å². The number of aromatic nitrogens is 4. The summed E-state index contributed by atoms with van der Waals surface area (Å²) in [6, 6.07) is 9.56. The van der Waals surface area contributed by atoms with Gasteiger partial charge in [-0.1, -0.05) is 17.7 Å². The highest BCUT2D eigenvalue weighted by Gasteiger charge is 2.13. The molecule has 1 aromatic carbocycles. The Morgan fingerprint density at radius 3 is 2.62 bits per heavy atom. The Morgan fingerprint density at radius 2 is 1.92 bits per heavy atom. The Kier molecular flexibility index (Phi) is 3.39. The molecule has 0 fully saturated rings. The maximum absolute atomic E-state index is 14.5. The lowest BCUT2D eigenvalue weighted by Gasteiger charge is -2.04. The Morgan fingerprint density at radius 1 is 1.08 bits per heavy atom. The van der Waals surface area contributed by atoms with E-state index in [1.165, 1.54) is 12.1 Å². The van der Waals surface area contributed by atoms with Gasteiger partial charge in [-0.3, -0.25) is 4.79 Å². The molecular formula is C17H10ClFN4O. The van der Waals surface area contributed by atoms with Gasteiger partial charge in [-0.05, 0) is 35.4 Å². The van der Waals surface area contributed by atoms with Gasteiger partial charge in [0.15, 0.2) is 5.15 Å². The highest BCUT2D eigenvalue weighted by Crippen LogP contribution is 2.28. The van der Waals surface area contributed by atoms with E-state index in [9.17, 15) is 9.18 Å². The number of hydrogen-bond acceptors (Lipinski definition) is 3. The molecule has 4 aromatic rings. The first kappa shape index (κ1) is 14.6. The van der Waals surface area contributed by atoms with Crippen LogP contribution in [0.5, 0.6) is 0 Å². The molecule has 0 saturated carbocycles. The molecule has 118 valence electrons. The zero-order valence-corrected chi connectivity index (χ0v) is 12.9. The van der Waals surface area contributed by atoms with Gasteiger partial charge in [-0.15, -0.1) is 0 Å². The predicted molar refractivity (Wildman–Crippen MR) is 90.3 cm³/mol. The molecule has 3 heterocycles. The molecule has 0 amide bonds. The molecule has 0 unspecified atom stereocenters. The van der Waals surface area contributed by atoms with Crippen molar-refractivity contribution in [2.24, 2.45) is 0 Å². The third-order valence-corrected chi connectivity index (χ3v) is 3.97. The van der Waals surface area contributed by atoms with Gasteiger partial charge in [-0.2, -0.15) is 0 Å². The highest BCUT2D eigenvalue weighted by molar-refractivity contribution is 6.33. The van der Waals surface area contributed by atoms with Crippen LogP contribution in [0.4, 0.5) is 4.39 Å². The summed E-state index contributed by atoms with van der Waals surface area (Å²) in [6.07, 6.45) is 3.10. The van der Waals surface area contributed by atoms with Gasteiger partial charge in [0.1, 0.15) is 17.2 Å². The third kappa shape index (κ3) is 2.47. The van der Waals surface area contributed by atoms with Crippen LogP contribution >= 0.6 is 11.6 Å². The van der Waals surface area contributed by atoms with Crippen molar-refractivity contribution < 1.29 is 4.39 Å². The number of pyridine rings is 2. The van der Waals surface area contributed by atoms with Gasteiger partial charge < -0.3 is 9.97 Å². The summed E-state index contributed by atoms with van der Waals surface area (Å²) in [5.74, 6) is -0.0488. The van der Waals surface area contributed by atoms with E-state index in [0.29, 0.717) is 28.0 Å². The zero-order valence-electron chi connectivity index (χ0n) is 12.2. The Balaban J connectivity index is 1.79. The van der Waals surface area contributed by atoms with Gasteiger partial charge in [0, 0.05) is 18.5 Å². The fourth-order valence-corrected chi connectivity index (χ4v) is 2.71. The number of hydrogen-bond donors (Lipinski definition) is 2. The molecule has 0 saturated heterocycles. The molecule has 24 heavy (non-hydrogen) atoms. The third-order valence-electron chi connectivity index (χ3n) is 3.70. The zero-order chi connectivity index (χ0) is 16.7. The molecule has 5 nitrogen and oxygen atoms in total. The van der Waals surface area contributed by atoms with Crippen LogP contribution in [-0.2, 0) is 0 Å². The molecule has 3 aromatic heterocycles. The molecule has 7 heteroatoms. The van der Waals surface area contributed by atoms with Crippen LogP contribution in [0.25, 0.3) is 33.5 Å². The molecule has 0 aliphatic carbocycles. The quantitative estimate of drug-likeness (QED) is 0.545. The van der Waals surface area contributed by atoms with Crippen molar-refractivity contribution in [1.82, 2.24) is 19.9 Å². The van der Waals surface area contributed by atoms with Crippen LogP contribution in [-0.4, -0.2) is 19.9 Å². The van der Waals surface area contributed by atoms with Crippen molar-refractivity contribution in [3.8, 4) is 22.5 Å². The van der Waals surface area contributed by atoms with E-state index in [1.807, 2.05) is 0 Å². The first-order valence-electron chi connectivity index (χ1n) is 7.11. The van der Waals surface area contributed by atoms with Crippen LogP contribution in [0.3, 0.4) is 0 Å². The van der Waals surface area contributed by atoms with Crippen LogP contribution < -0.4 is 5.56 Å². The Hall–Kier alpha value is -2.99. The highest BCUT2D eigenvalue weighted by atomic mass is 35.5. The average Bonchev–Trinajstić information content (AvgIpc) is 3.01. The topological polar surface area (TPSA) is 74.4 Å². The minimum Gasteiger partial charge on any atom is -0.338 e. The molecule has 0 bridgehead atoms. The predicted octanol–water partition coefficient (Wildman–Crippen LogP) is 3.77. The normalized spacial score (nSPS) is 11.1. The maximum atomic E-state index is 14.5. The first-order chi connectivity index (χ1) is 11.6. The first-order valence-corrected chi connectivity index (χ1v) is 7.49. The van der Waals surface area contributed by atoms with Crippen LogP contribution in [0.1, 0.15) is 0 Å².